The Hall–Kier alpha value is -2.21. The van der Waals surface area contributed by atoms with Gasteiger partial charge in [0, 0.05) is 12.6 Å². The summed E-state index contributed by atoms with van der Waals surface area (Å²) in [6.07, 6.45) is 0.750. The predicted octanol–water partition coefficient (Wildman–Crippen LogP) is 3.48. The quantitative estimate of drug-likeness (QED) is 0.750. The summed E-state index contributed by atoms with van der Waals surface area (Å²) in [6, 6.07) is 10.2. The lowest BCUT2D eigenvalue weighted by atomic mass is 10.1. The lowest BCUT2D eigenvalue weighted by molar-refractivity contribution is 0.399. The van der Waals surface area contributed by atoms with Gasteiger partial charge in [-0.2, -0.15) is 4.98 Å². The Morgan fingerprint density at radius 3 is 2.71 bits per heavy atom. The van der Waals surface area contributed by atoms with E-state index in [-0.39, 0.29) is 5.82 Å². The Kier molecular flexibility index (Phi) is 3.70. The minimum Gasteiger partial charge on any atom is -0.481 e. The SMILES string of the molecule is COc1ccc2[nH]c(=S)n(CCc3ccc(F)cc3)c2n1. The molecule has 0 radical (unpaired) electrons. The van der Waals surface area contributed by atoms with Gasteiger partial charge in [0.15, 0.2) is 10.4 Å². The van der Waals surface area contributed by atoms with E-state index in [2.05, 4.69) is 9.97 Å². The van der Waals surface area contributed by atoms with Gasteiger partial charge in [-0.25, -0.2) is 4.39 Å². The third-order valence-corrected chi connectivity index (χ3v) is 3.66. The van der Waals surface area contributed by atoms with Crippen LogP contribution in [0.15, 0.2) is 36.4 Å². The molecule has 0 unspecified atom stereocenters. The fourth-order valence-electron chi connectivity index (χ4n) is 2.23. The van der Waals surface area contributed by atoms with Gasteiger partial charge in [0.2, 0.25) is 5.88 Å². The molecule has 0 atom stereocenters. The molecule has 21 heavy (non-hydrogen) atoms. The van der Waals surface area contributed by atoms with Crippen LogP contribution in [-0.2, 0) is 13.0 Å². The zero-order chi connectivity index (χ0) is 14.8. The topological polar surface area (TPSA) is 42.8 Å². The fourth-order valence-corrected chi connectivity index (χ4v) is 2.51. The number of aromatic nitrogens is 3. The van der Waals surface area contributed by atoms with E-state index < -0.39 is 0 Å². The molecule has 1 aromatic carbocycles. The van der Waals surface area contributed by atoms with Crippen LogP contribution < -0.4 is 4.74 Å². The van der Waals surface area contributed by atoms with Crippen molar-refractivity contribution in [3.8, 4) is 5.88 Å². The molecule has 0 bridgehead atoms. The van der Waals surface area contributed by atoms with Gasteiger partial charge >= 0.3 is 0 Å². The molecule has 0 aliphatic heterocycles. The first kappa shape index (κ1) is 13.8. The van der Waals surface area contributed by atoms with Crippen molar-refractivity contribution < 1.29 is 9.13 Å². The fraction of sp³-hybridized carbons (Fsp3) is 0.200. The second kappa shape index (κ2) is 5.65. The van der Waals surface area contributed by atoms with Gasteiger partial charge in [-0.1, -0.05) is 12.1 Å². The standard InChI is InChI=1S/C15H14FN3OS/c1-20-13-7-6-12-14(18-13)19(15(21)17-12)9-8-10-2-4-11(16)5-3-10/h2-7H,8-9H2,1H3,(H,17,21). The van der Waals surface area contributed by atoms with Crippen LogP contribution >= 0.6 is 12.2 Å². The number of benzene rings is 1. The lowest BCUT2D eigenvalue weighted by Gasteiger charge is -2.05. The molecule has 1 N–H and O–H groups in total. The number of fused-ring (bicyclic) bond motifs is 1. The van der Waals surface area contributed by atoms with Crippen molar-refractivity contribution in [3.05, 3.63) is 52.5 Å². The van der Waals surface area contributed by atoms with Crippen molar-refractivity contribution in [1.29, 1.82) is 0 Å². The van der Waals surface area contributed by atoms with Crippen LogP contribution in [0.25, 0.3) is 11.2 Å². The number of aryl methyl sites for hydroxylation is 2. The van der Waals surface area contributed by atoms with Crippen LogP contribution in [0.5, 0.6) is 5.88 Å². The molecule has 3 rings (SSSR count). The number of imidazole rings is 1. The maximum absolute atomic E-state index is 12.9. The van der Waals surface area contributed by atoms with Crippen molar-refractivity contribution in [2.24, 2.45) is 0 Å². The highest BCUT2D eigenvalue weighted by Crippen LogP contribution is 2.17. The van der Waals surface area contributed by atoms with Crippen molar-refractivity contribution in [3.63, 3.8) is 0 Å². The minimum absolute atomic E-state index is 0.228. The van der Waals surface area contributed by atoms with Gasteiger partial charge in [0.05, 0.1) is 12.6 Å². The highest BCUT2D eigenvalue weighted by Gasteiger charge is 2.07. The molecule has 2 aromatic heterocycles. The van der Waals surface area contributed by atoms with Crippen molar-refractivity contribution in [1.82, 2.24) is 14.5 Å². The maximum atomic E-state index is 12.9. The number of nitrogens with one attached hydrogen (secondary N) is 1. The predicted molar refractivity (Wildman–Crippen MR) is 81.6 cm³/mol. The van der Waals surface area contributed by atoms with Crippen molar-refractivity contribution in [2.75, 3.05) is 7.11 Å². The summed E-state index contributed by atoms with van der Waals surface area (Å²) in [4.78, 5) is 7.55. The van der Waals surface area contributed by atoms with Gasteiger partial charge in [0.1, 0.15) is 5.82 Å². The van der Waals surface area contributed by atoms with Crippen LogP contribution in [-0.4, -0.2) is 21.6 Å². The van der Waals surface area contributed by atoms with Crippen LogP contribution in [0.3, 0.4) is 0 Å². The third-order valence-electron chi connectivity index (χ3n) is 3.34. The van der Waals surface area contributed by atoms with Crippen molar-refractivity contribution in [2.45, 2.75) is 13.0 Å². The summed E-state index contributed by atoms with van der Waals surface area (Å²) in [5, 5.41) is 0. The average molecular weight is 303 g/mol. The molecule has 0 fully saturated rings. The van der Waals surface area contributed by atoms with E-state index in [1.807, 2.05) is 10.6 Å². The van der Waals surface area contributed by atoms with E-state index >= 15 is 0 Å². The summed E-state index contributed by atoms with van der Waals surface area (Å²) in [5.41, 5.74) is 2.69. The number of halogens is 1. The Balaban J connectivity index is 1.90. The third kappa shape index (κ3) is 2.80. The lowest BCUT2D eigenvalue weighted by Crippen LogP contribution is -2.03. The van der Waals surface area contributed by atoms with Gasteiger partial charge in [-0.15, -0.1) is 0 Å². The Morgan fingerprint density at radius 2 is 2.00 bits per heavy atom. The van der Waals surface area contributed by atoms with Gasteiger partial charge in [-0.3, -0.25) is 0 Å². The smallest absolute Gasteiger partial charge is 0.215 e. The molecule has 0 amide bonds. The molecule has 0 saturated heterocycles. The van der Waals surface area contributed by atoms with Crippen LogP contribution in [0.4, 0.5) is 4.39 Å². The monoisotopic (exact) mass is 303 g/mol. The van der Waals surface area contributed by atoms with E-state index in [1.54, 1.807) is 25.3 Å². The second-order valence-corrected chi connectivity index (χ2v) is 5.07. The minimum atomic E-state index is -0.228. The molecule has 0 aliphatic carbocycles. The first-order chi connectivity index (χ1) is 10.2. The van der Waals surface area contributed by atoms with Crippen LogP contribution in [0.2, 0.25) is 0 Å². The molecule has 3 aromatic rings. The molecule has 108 valence electrons. The van der Waals surface area contributed by atoms with Gasteiger partial charge in [-0.05, 0) is 42.4 Å². The number of hydrogen-bond donors (Lipinski definition) is 1. The van der Waals surface area contributed by atoms with Gasteiger partial charge < -0.3 is 14.3 Å². The van der Waals surface area contributed by atoms with Crippen LogP contribution in [0.1, 0.15) is 5.56 Å². The first-order valence-electron chi connectivity index (χ1n) is 6.55. The number of ether oxygens (including phenoxy) is 1. The van der Waals surface area contributed by atoms with Crippen molar-refractivity contribution >= 4 is 23.4 Å². The number of nitrogens with zero attached hydrogens (tertiary/aromatic N) is 2. The normalized spacial score (nSPS) is 11.0. The number of aromatic amines is 1. The highest BCUT2D eigenvalue weighted by molar-refractivity contribution is 7.71. The number of rotatable bonds is 4. The number of H-pyrrole nitrogens is 1. The zero-order valence-electron chi connectivity index (χ0n) is 11.5. The Bertz CT molecular complexity index is 823. The number of hydrogen-bond acceptors (Lipinski definition) is 3. The van der Waals surface area contributed by atoms with E-state index in [9.17, 15) is 4.39 Å². The molecular weight excluding hydrogens is 289 g/mol. The number of pyridine rings is 1. The molecule has 2 heterocycles. The number of methoxy groups -OCH3 is 1. The summed E-state index contributed by atoms with van der Waals surface area (Å²) in [5.74, 6) is 0.320. The Labute approximate surface area is 126 Å². The largest absolute Gasteiger partial charge is 0.481 e. The molecule has 0 aliphatic rings. The first-order valence-corrected chi connectivity index (χ1v) is 6.96. The van der Waals surface area contributed by atoms with Crippen LogP contribution in [0, 0.1) is 10.6 Å². The van der Waals surface area contributed by atoms with E-state index in [0.29, 0.717) is 17.2 Å². The maximum Gasteiger partial charge on any atom is 0.215 e. The van der Waals surface area contributed by atoms with Gasteiger partial charge in [0.25, 0.3) is 0 Å². The summed E-state index contributed by atoms with van der Waals surface area (Å²) < 4.78 is 20.6. The molecule has 0 spiro atoms. The summed E-state index contributed by atoms with van der Waals surface area (Å²) in [6.45, 7) is 0.671. The molecule has 0 saturated carbocycles. The summed E-state index contributed by atoms with van der Waals surface area (Å²) in [7, 11) is 1.58. The van der Waals surface area contributed by atoms with E-state index in [0.717, 1.165) is 23.1 Å². The molecular formula is C15H14FN3OS. The second-order valence-electron chi connectivity index (χ2n) is 4.68. The van der Waals surface area contributed by atoms with E-state index in [4.69, 9.17) is 17.0 Å². The van der Waals surface area contributed by atoms with E-state index in [1.165, 1.54) is 12.1 Å². The summed E-state index contributed by atoms with van der Waals surface area (Å²) >= 11 is 5.34. The molecule has 4 nitrogen and oxygen atoms in total. The molecule has 6 heteroatoms. The Morgan fingerprint density at radius 1 is 1.24 bits per heavy atom. The highest BCUT2D eigenvalue weighted by atomic mass is 32.1. The zero-order valence-corrected chi connectivity index (χ0v) is 12.3. The average Bonchev–Trinajstić information content (AvgIpc) is 2.81.